The van der Waals surface area contributed by atoms with Gasteiger partial charge >= 0.3 is 5.97 Å². The number of carbonyl (C=O) groups is 1. The van der Waals surface area contributed by atoms with Crippen LogP contribution in [0, 0.1) is 6.92 Å². The van der Waals surface area contributed by atoms with E-state index in [1.54, 1.807) is 38.7 Å². The summed E-state index contributed by atoms with van der Waals surface area (Å²) in [7, 11) is 3.20. The van der Waals surface area contributed by atoms with Gasteiger partial charge < -0.3 is 14.2 Å². The lowest BCUT2D eigenvalue weighted by atomic mass is 9.96. The number of aryl methyl sites for hydroxylation is 1. The van der Waals surface area contributed by atoms with Crippen molar-refractivity contribution in [3.63, 3.8) is 0 Å². The third kappa shape index (κ3) is 4.70. The molecule has 182 valence electrons. The maximum atomic E-state index is 13.7. The van der Waals surface area contributed by atoms with Crippen molar-refractivity contribution < 1.29 is 19.0 Å². The number of thiazole rings is 1. The van der Waals surface area contributed by atoms with Crippen molar-refractivity contribution in [2.24, 2.45) is 4.99 Å². The Bertz CT molecular complexity index is 1520. The van der Waals surface area contributed by atoms with Gasteiger partial charge in [-0.3, -0.25) is 9.36 Å². The van der Waals surface area contributed by atoms with Crippen LogP contribution in [0.3, 0.4) is 0 Å². The molecule has 0 saturated heterocycles. The van der Waals surface area contributed by atoms with E-state index in [4.69, 9.17) is 14.2 Å². The number of nitrogens with zero attached hydrogens (tertiary/aromatic N) is 2. The molecule has 2 aromatic carbocycles. The van der Waals surface area contributed by atoms with Crippen molar-refractivity contribution in [1.82, 2.24) is 4.57 Å². The van der Waals surface area contributed by atoms with Crippen molar-refractivity contribution in [2.75, 3.05) is 20.8 Å². The van der Waals surface area contributed by atoms with Crippen LogP contribution < -0.4 is 24.4 Å². The summed E-state index contributed by atoms with van der Waals surface area (Å²) in [4.78, 5) is 31.8. The zero-order chi connectivity index (χ0) is 25.3. The predicted molar refractivity (Wildman–Crippen MR) is 139 cm³/mol. The lowest BCUT2D eigenvalue weighted by molar-refractivity contribution is -0.139. The Balaban J connectivity index is 1.95. The van der Waals surface area contributed by atoms with Gasteiger partial charge in [0.1, 0.15) is 11.5 Å². The number of aromatic nitrogens is 1. The fourth-order valence-electron chi connectivity index (χ4n) is 4.04. The summed E-state index contributed by atoms with van der Waals surface area (Å²) in [5.74, 6) is 0.893. The maximum absolute atomic E-state index is 13.7. The first-order chi connectivity index (χ1) is 16.8. The van der Waals surface area contributed by atoms with Gasteiger partial charge in [-0.15, -0.1) is 0 Å². The number of fused-ring (bicyclic) bond motifs is 1. The molecule has 0 saturated carbocycles. The van der Waals surface area contributed by atoms with Gasteiger partial charge in [-0.1, -0.05) is 29.5 Å². The molecule has 1 aromatic heterocycles. The molecule has 2 heterocycles. The standard InChI is InChI=1S/C26H25BrN2O5S/c1-6-34-25(31)22-15(3)28-26-29(23(22)17-9-10-19(32-4)18(27)13-17)24(30)21(35-26)12-16-8-7-14(2)20(11-16)33-5/h7-13,23H,6H2,1-5H3/b21-12+/t23-/m0/s1. The Labute approximate surface area is 215 Å². The highest BCUT2D eigenvalue weighted by atomic mass is 79.9. The number of ether oxygens (including phenoxy) is 3. The SMILES string of the molecule is CCOC(=O)C1=C(C)N=c2s/c(=C/c3ccc(C)c(OC)c3)c(=O)n2[C@H]1c1ccc(OC)c(Br)c1. The van der Waals surface area contributed by atoms with E-state index in [1.165, 1.54) is 11.3 Å². The van der Waals surface area contributed by atoms with Crippen LogP contribution in [0.2, 0.25) is 0 Å². The quantitative estimate of drug-likeness (QED) is 0.430. The molecule has 7 nitrogen and oxygen atoms in total. The summed E-state index contributed by atoms with van der Waals surface area (Å²) in [5.41, 5.74) is 3.19. The van der Waals surface area contributed by atoms with Crippen LogP contribution in [-0.2, 0) is 9.53 Å². The molecule has 0 unspecified atom stereocenters. The number of methoxy groups -OCH3 is 2. The van der Waals surface area contributed by atoms with Gasteiger partial charge in [-0.25, -0.2) is 9.79 Å². The van der Waals surface area contributed by atoms with E-state index < -0.39 is 12.0 Å². The summed E-state index contributed by atoms with van der Waals surface area (Å²) < 4.78 is 18.9. The number of benzene rings is 2. The van der Waals surface area contributed by atoms with Gasteiger partial charge in [0.05, 0.1) is 47.1 Å². The number of rotatable bonds is 6. The fraction of sp³-hybridized carbons (Fsp3) is 0.269. The first-order valence-electron chi connectivity index (χ1n) is 11.0. The van der Waals surface area contributed by atoms with Gasteiger partial charge in [-0.2, -0.15) is 0 Å². The van der Waals surface area contributed by atoms with Crippen molar-refractivity contribution in [3.8, 4) is 11.5 Å². The normalized spacial score (nSPS) is 15.5. The lowest BCUT2D eigenvalue weighted by Crippen LogP contribution is -2.39. The van der Waals surface area contributed by atoms with E-state index >= 15 is 0 Å². The summed E-state index contributed by atoms with van der Waals surface area (Å²) >= 11 is 4.80. The van der Waals surface area contributed by atoms with Crippen LogP contribution in [0.1, 0.15) is 36.6 Å². The minimum atomic E-state index is -0.692. The van der Waals surface area contributed by atoms with E-state index in [0.717, 1.165) is 22.4 Å². The highest BCUT2D eigenvalue weighted by molar-refractivity contribution is 9.10. The van der Waals surface area contributed by atoms with Crippen molar-refractivity contribution in [1.29, 1.82) is 0 Å². The summed E-state index contributed by atoms with van der Waals surface area (Å²) in [6, 6.07) is 10.6. The molecule has 35 heavy (non-hydrogen) atoms. The number of hydrogen-bond donors (Lipinski definition) is 0. The summed E-state index contributed by atoms with van der Waals surface area (Å²) in [6.45, 7) is 5.69. The molecule has 0 fully saturated rings. The average Bonchev–Trinajstić information content (AvgIpc) is 3.13. The Hall–Kier alpha value is -3.17. The van der Waals surface area contributed by atoms with E-state index in [0.29, 0.717) is 30.8 Å². The molecular weight excluding hydrogens is 532 g/mol. The third-order valence-corrected chi connectivity index (χ3v) is 7.34. The fourth-order valence-corrected chi connectivity index (χ4v) is 5.64. The van der Waals surface area contributed by atoms with Crippen LogP contribution in [0.15, 0.2) is 61.9 Å². The minimum Gasteiger partial charge on any atom is -0.496 e. The Kier molecular flexibility index (Phi) is 7.28. The van der Waals surface area contributed by atoms with E-state index in [-0.39, 0.29) is 12.2 Å². The molecule has 3 aromatic rings. The number of halogens is 1. The Morgan fingerprint density at radius 3 is 2.54 bits per heavy atom. The average molecular weight is 557 g/mol. The van der Waals surface area contributed by atoms with E-state index in [1.807, 2.05) is 43.3 Å². The van der Waals surface area contributed by atoms with E-state index in [9.17, 15) is 9.59 Å². The molecule has 0 spiro atoms. The second-order valence-electron chi connectivity index (χ2n) is 7.93. The number of esters is 1. The first-order valence-corrected chi connectivity index (χ1v) is 12.6. The highest BCUT2D eigenvalue weighted by Crippen LogP contribution is 2.35. The largest absolute Gasteiger partial charge is 0.496 e. The Morgan fingerprint density at radius 1 is 1.14 bits per heavy atom. The molecule has 0 aliphatic carbocycles. The Morgan fingerprint density at radius 2 is 1.89 bits per heavy atom. The van der Waals surface area contributed by atoms with Crippen molar-refractivity contribution in [2.45, 2.75) is 26.8 Å². The van der Waals surface area contributed by atoms with Crippen LogP contribution in [0.4, 0.5) is 0 Å². The van der Waals surface area contributed by atoms with Gasteiger partial charge in [0.15, 0.2) is 4.80 Å². The molecule has 0 amide bonds. The predicted octanol–water partition coefficient (Wildman–Crippen LogP) is 3.89. The second-order valence-corrected chi connectivity index (χ2v) is 9.79. The zero-order valence-corrected chi connectivity index (χ0v) is 22.5. The molecular formula is C26H25BrN2O5S. The van der Waals surface area contributed by atoms with Crippen LogP contribution in [0.5, 0.6) is 11.5 Å². The van der Waals surface area contributed by atoms with Crippen LogP contribution in [0.25, 0.3) is 6.08 Å². The molecule has 1 aliphatic rings. The number of allylic oxidation sites excluding steroid dienone is 1. The van der Waals surface area contributed by atoms with Gasteiger partial charge in [0, 0.05) is 0 Å². The smallest absolute Gasteiger partial charge is 0.338 e. The first kappa shape index (κ1) is 24.9. The summed E-state index contributed by atoms with van der Waals surface area (Å²) in [6.07, 6.45) is 1.82. The zero-order valence-electron chi connectivity index (χ0n) is 20.0. The van der Waals surface area contributed by atoms with Crippen molar-refractivity contribution >= 4 is 39.3 Å². The number of hydrogen-bond acceptors (Lipinski definition) is 7. The molecule has 1 atom stereocenters. The van der Waals surface area contributed by atoms with Crippen molar-refractivity contribution in [3.05, 3.63) is 88.5 Å². The number of carbonyl (C=O) groups excluding carboxylic acids is 1. The molecule has 1 aliphatic heterocycles. The molecule has 0 bridgehead atoms. The monoisotopic (exact) mass is 556 g/mol. The van der Waals surface area contributed by atoms with Crippen LogP contribution in [-0.4, -0.2) is 31.4 Å². The van der Waals surface area contributed by atoms with Gasteiger partial charge in [0.25, 0.3) is 5.56 Å². The molecule has 9 heteroatoms. The maximum Gasteiger partial charge on any atom is 0.338 e. The summed E-state index contributed by atoms with van der Waals surface area (Å²) in [5, 5.41) is 0. The lowest BCUT2D eigenvalue weighted by Gasteiger charge is -2.25. The highest BCUT2D eigenvalue weighted by Gasteiger charge is 2.33. The second kappa shape index (κ2) is 10.2. The van der Waals surface area contributed by atoms with Crippen LogP contribution >= 0.6 is 27.3 Å². The third-order valence-electron chi connectivity index (χ3n) is 5.74. The molecule has 0 radical (unpaired) electrons. The van der Waals surface area contributed by atoms with E-state index in [2.05, 4.69) is 20.9 Å². The molecule has 0 N–H and O–H groups in total. The van der Waals surface area contributed by atoms with Gasteiger partial charge in [-0.05, 0) is 77.7 Å². The minimum absolute atomic E-state index is 0.217. The topological polar surface area (TPSA) is 79.1 Å². The molecule has 4 rings (SSSR count). The van der Waals surface area contributed by atoms with Gasteiger partial charge in [0.2, 0.25) is 0 Å².